The number of aromatic nitrogens is 1. The number of pyridine rings is 1. The Morgan fingerprint density at radius 2 is 2.07 bits per heavy atom. The molecule has 7 heteroatoms. The summed E-state index contributed by atoms with van der Waals surface area (Å²) in [6.45, 7) is 11.9. The Morgan fingerprint density at radius 1 is 1.31 bits per heavy atom. The van der Waals surface area contributed by atoms with Crippen molar-refractivity contribution >= 4 is 29.0 Å². The number of aryl methyl sites for hydroxylation is 1. The van der Waals surface area contributed by atoms with Crippen LogP contribution in [0.5, 0.6) is 0 Å². The van der Waals surface area contributed by atoms with Crippen LogP contribution in [0.4, 0.5) is 17.2 Å². The molecular formula is C22H27N5O2. The minimum atomic E-state index is -0.477. The normalized spacial score (nSPS) is 15.2. The summed E-state index contributed by atoms with van der Waals surface area (Å²) in [6, 6.07) is 7.33. The minimum absolute atomic E-state index is 0.0156. The zero-order chi connectivity index (χ0) is 21.2. The monoisotopic (exact) mass is 393 g/mol. The van der Waals surface area contributed by atoms with Crippen molar-refractivity contribution in [1.82, 2.24) is 4.98 Å². The molecule has 0 amide bonds. The third kappa shape index (κ3) is 4.29. The van der Waals surface area contributed by atoms with Gasteiger partial charge in [0.2, 0.25) is 0 Å². The molecule has 7 nitrogen and oxygen atoms in total. The zero-order valence-corrected chi connectivity index (χ0v) is 17.6. The van der Waals surface area contributed by atoms with Crippen LogP contribution in [-0.4, -0.2) is 28.2 Å². The van der Waals surface area contributed by atoms with Gasteiger partial charge in [-0.3, -0.25) is 15.5 Å². The second-order valence-corrected chi connectivity index (χ2v) is 7.89. The van der Waals surface area contributed by atoms with Gasteiger partial charge >= 0.3 is 0 Å². The van der Waals surface area contributed by atoms with E-state index in [1.165, 1.54) is 35.2 Å². The Balaban J connectivity index is 1.85. The number of hydrogen-bond acceptors (Lipinski definition) is 6. The third-order valence-electron chi connectivity index (χ3n) is 5.15. The highest BCUT2D eigenvalue weighted by Crippen LogP contribution is 2.40. The fraction of sp³-hybridized carbons (Fsp3) is 0.364. The quantitative estimate of drug-likeness (QED) is 0.416. The molecule has 1 aromatic carbocycles. The molecule has 1 aromatic heterocycles. The average molecular weight is 393 g/mol. The standard InChI is InChI=1S/C22H27N5O2/c1-6-9-26-20-10-15(2)17(11-19(20)16(3)12-22(26,4)5)13-24-25-21-8-7-18(14-23-21)27(28)29/h7-8,10-14H,6,9H2,1-5H3,(H,23,25)/b24-13-. The van der Waals surface area contributed by atoms with E-state index in [4.69, 9.17) is 0 Å². The van der Waals surface area contributed by atoms with E-state index in [-0.39, 0.29) is 11.2 Å². The Morgan fingerprint density at radius 3 is 2.69 bits per heavy atom. The average Bonchev–Trinajstić information content (AvgIpc) is 2.66. The predicted octanol–water partition coefficient (Wildman–Crippen LogP) is 5.16. The van der Waals surface area contributed by atoms with Gasteiger partial charge in [-0.1, -0.05) is 13.0 Å². The van der Waals surface area contributed by atoms with Crippen LogP contribution in [0.3, 0.4) is 0 Å². The molecule has 0 aliphatic carbocycles. The fourth-order valence-corrected chi connectivity index (χ4v) is 3.74. The van der Waals surface area contributed by atoms with Crippen LogP contribution >= 0.6 is 0 Å². The van der Waals surface area contributed by atoms with E-state index in [2.05, 4.69) is 73.2 Å². The molecule has 0 unspecified atom stereocenters. The van der Waals surface area contributed by atoms with E-state index in [1.807, 2.05) is 0 Å². The van der Waals surface area contributed by atoms with Crippen LogP contribution in [0.15, 0.2) is 41.6 Å². The molecule has 1 N–H and O–H groups in total. The molecule has 1 aliphatic rings. The second-order valence-electron chi connectivity index (χ2n) is 7.89. The summed E-state index contributed by atoms with van der Waals surface area (Å²) < 4.78 is 0. The topological polar surface area (TPSA) is 83.7 Å². The number of hydrogen-bond donors (Lipinski definition) is 1. The zero-order valence-electron chi connectivity index (χ0n) is 17.6. The first-order valence-electron chi connectivity index (χ1n) is 9.74. The number of benzene rings is 1. The highest BCUT2D eigenvalue weighted by atomic mass is 16.6. The summed E-state index contributed by atoms with van der Waals surface area (Å²) in [4.78, 5) is 16.7. The summed E-state index contributed by atoms with van der Waals surface area (Å²) in [5.41, 5.74) is 8.66. The molecule has 0 spiro atoms. The molecule has 1 aliphatic heterocycles. The number of rotatable bonds is 6. The Labute approximate surface area is 171 Å². The lowest BCUT2D eigenvalue weighted by molar-refractivity contribution is -0.385. The van der Waals surface area contributed by atoms with Crippen molar-refractivity contribution in [3.05, 3.63) is 63.3 Å². The second kappa shape index (κ2) is 8.03. The van der Waals surface area contributed by atoms with Crippen molar-refractivity contribution in [2.24, 2.45) is 5.10 Å². The van der Waals surface area contributed by atoms with Crippen molar-refractivity contribution in [2.75, 3.05) is 16.9 Å². The van der Waals surface area contributed by atoms with Gasteiger partial charge in [0.05, 0.1) is 16.7 Å². The molecule has 0 saturated heterocycles. The number of nitro groups is 1. The van der Waals surface area contributed by atoms with Gasteiger partial charge in [0.15, 0.2) is 0 Å². The number of nitrogens with one attached hydrogen (secondary N) is 1. The molecule has 2 aromatic rings. The maximum atomic E-state index is 10.7. The molecule has 2 heterocycles. The number of allylic oxidation sites excluding steroid dienone is 1. The largest absolute Gasteiger partial charge is 0.362 e. The van der Waals surface area contributed by atoms with Crippen molar-refractivity contribution in [2.45, 2.75) is 46.6 Å². The molecule has 152 valence electrons. The molecule has 3 rings (SSSR count). The molecule has 0 radical (unpaired) electrons. The van der Waals surface area contributed by atoms with Crippen molar-refractivity contribution in [1.29, 1.82) is 0 Å². The van der Waals surface area contributed by atoms with Crippen molar-refractivity contribution in [3.63, 3.8) is 0 Å². The number of anilines is 2. The smallest absolute Gasteiger partial charge is 0.287 e. The van der Waals surface area contributed by atoms with E-state index in [0.29, 0.717) is 5.82 Å². The van der Waals surface area contributed by atoms with Crippen LogP contribution in [0, 0.1) is 17.0 Å². The lowest BCUT2D eigenvalue weighted by atomic mass is 9.87. The van der Waals surface area contributed by atoms with E-state index >= 15 is 0 Å². The predicted molar refractivity (Wildman–Crippen MR) is 119 cm³/mol. The Bertz CT molecular complexity index is 977. The third-order valence-corrected chi connectivity index (χ3v) is 5.15. The van der Waals surface area contributed by atoms with Crippen LogP contribution in [0.1, 0.15) is 50.8 Å². The van der Waals surface area contributed by atoms with Crippen LogP contribution in [-0.2, 0) is 0 Å². The van der Waals surface area contributed by atoms with E-state index in [9.17, 15) is 10.1 Å². The van der Waals surface area contributed by atoms with Gasteiger partial charge < -0.3 is 4.90 Å². The van der Waals surface area contributed by atoms with Crippen molar-refractivity contribution in [3.8, 4) is 0 Å². The lowest BCUT2D eigenvalue weighted by Crippen LogP contribution is -2.45. The number of hydrazone groups is 1. The first kappa shape index (κ1) is 20.5. The summed E-state index contributed by atoms with van der Waals surface area (Å²) in [5, 5.41) is 15.0. The highest BCUT2D eigenvalue weighted by molar-refractivity contribution is 5.89. The Kier molecular flexibility index (Phi) is 5.68. The summed E-state index contributed by atoms with van der Waals surface area (Å²) in [7, 11) is 0. The summed E-state index contributed by atoms with van der Waals surface area (Å²) in [5.74, 6) is 0.453. The van der Waals surface area contributed by atoms with E-state index in [1.54, 1.807) is 6.21 Å². The van der Waals surface area contributed by atoms with Crippen LogP contribution in [0.2, 0.25) is 0 Å². The minimum Gasteiger partial charge on any atom is -0.362 e. The highest BCUT2D eigenvalue weighted by Gasteiger charge is 2.31. The van der Waals surface area contributed by atoms with E-state index < -0.39 is 4.92 Å². The number of fused-ring (bicyclic) bond motifs is 1. The molecule has 0 bridgehead atoms. The SMILES string of the molecule is CCCN1c2cc(C)c(/C=N\Nc3ccc([N+](=O)[O-])cn3)cc2C(C)=CC1(C)C. The first-order valence-corrected chi connectivity index (χ1v) is 9.74. The maximum absolute atomic E-state index is 10.7. The van der Waals surface area contributed by atoms with Crippen molar-refractivity contribution < 1.29 is 4.92 Å². The summed E-state index contributed by atoms with van der Waals surface area (Å²) >= 11 is 0. The van der Waals surface area contributed by atoms with Gasteiger partial charge in [0.25, 0.3) is 5.69 Å². The van der Waals surface area contributed by atoms with Gasteiger partial charge in [0.1, 0.15) is 12.0 Å². The molecule has 0 fully saturated rings. The van der Waals surface area contributed by atoms with Crippen LogP contribution in [0.25, 0.3) is 5.57 Å². The maximum Gasteiger partial charge on any atom is 0.287 e. The fourth-order valence-electron chi connectivity index (χ4n) is 3.74. The van der Waals surface area contributed by atoms with Gasteiger partial charge in [-0.2, -0.15) is 5.10 Å². The van der Waals surface area contributed by atoms with Gasteiger partial charge in [-0.25, -0.2) is 4.98 Å². The molecular weight excluding hydrogens is 366 g/mol. The summed E-state index contributed by atoms with van der Waals surface area (Å²) in [6.07, 6.45) is 6.38. The first-order chi connectivity index (χ1) is 13.7. The van der Waals surface area contributed by atoms with Gasteiger partial charge in [0, 0.05) is 23.9 Å². The van der Waals surface area contributed by atoms with Gasteiger partial charge in [-0.05, 0) is 69.0 Å². The lowest BCUT2D eigenvalue weighted by Gasteiger charge is -2.43. The molecule has 0 saturated carbocycles. The van der Waals surface area contributed by atoms with Gasteiger partial charge in [-0.15, -0.1) is 0 Å². The molecule has 0 atom stereocenters. The Hall–Kier alpha value is -3.22. The van der Waals surface area contributed by atoms with Crippen LogP contribution < -0.4 is 10.3 Å². The van der Waals surface area contributed by atoms with E-state index in [0.717, 1.165) is 24.1 Å². The number of nitrogens with zero attached hydrogens (tertiary/aromatic N) is 4. The molecule has 29 heavy (non-hydrogen) atoms.